The minimum Gasteiger partial charge on any atom is -0.310 e. The number of benzene rings is 1. The molecule has 2 rings (SSSR count). The lowest BCUT2D eigenvalue weighted by molar-refractivity contribution is 0.527. The average Bonchev–Trinajstić information content (AvgIpc) is 2.78. The zero-order chi connectivity index (χ0) is 15.4. The predicted molar refractivity (Wildman–Crippen MR) is 93.2 cm³/mol. The van der Waals surface area contributed by atoms with Gasteiger partial charge in [-0.1, -0.05) is 42.3 Å². The highest BCUT2D eigenvalue weighted by atomic mass is 79.9. The van der Waals surface area contributed by atoms with Crippen LogP contribution in [0.2, 0.25) is 8.67 Å². The summed E-state index contributed by atoms with van der Waals surface area (Å²) in [6, 6.07) is 6.97. The summed E-state index contributed by atoms with van der Waals surface area (Å²) in [6.07, 6.45) is 1.65. The van der Waals surface area contributed by atoms with Gasteiger partial charge in [0.05, 0.1) is 13.1 Å². The quantitative estimate of drug-likeness (QED) is 0.594. The van der Waals surface area contributed by atoms with E-state index in [0.29, 0.717) is 19.6 Å². The van der Waals surface area contributed by atoms with E-state index in [4.69, 9.17) is 23.2 Å². The van der Waals surface area contributed by atoms with E-state index in [9.17, 15) is 4.39 Å². The monoisotopic (exact) mass is 409 g/mol. The molecule has 6 heteroatoms. The molecule has 0 aliphatic heterocycles. The Kier molecular flexibility index (Phi) is 6.51. The molecular formula is C15H15BrCl2FNS. The van der Waals surface area contributed by atoms with E-state index in [0.717, 1.165) is 24.1 Å². The van der Waals surface area contributed by atoms with Crippen LogP contribution < -0.4 is 5.32 Å². The zero-order valence-corrected chi connectivity index (χ0v) is 15.3. The van der Waals surface area contributed by atoms with Crippen molar-refractivity contribution < 1.29 is 4.39 Å². The van der Waals surface area contributed by atoms with Crippen molar-refractivity contribution in [3.05, 3.63) is 54.4 Å². The van der Waals surface area contributed by atoms with Crippen molar-refractivity contribution in [1.29, 1.82) is 0 Å². The van der Waals surface area contributed by atoms with Crippen LogP contribution in [0.25, 0.3) is 0 Å². The molecule has 1 atom stereocenters. The summed E-state index contributed by atoms with van der Waals surface area (Å²) in [5.41, 5.74) is 1.87. The summed E-state index contributed by atoms with van der Waals surface area (Å²) >= 11 is 17.0. The first-order valence-corrected chi connectivity index (χ1v) is 9.00. The SMILES string of the molecule is CCCNC(Cc1cccc(F)c1Br)c1cc(Cl)sc1Cl. The van der Waals surface area contributed by atoms with E-state index in [1.165, 1.54) is 17.4 Å². The van der Waals surface area contributed by atoms with E-state index >= 15 is 0 Å². The number of thiophene rings is 1. The van der Waals surface area contributed by atoms with Gasteiger partial charge in [0.2, 0.25) is 0 Å². The Morgan fingerprint density at radius 1 is 1.38 bits per heavy atom. The smallest absolute Gasteiger partial charge is 0.137 e. The Morgan fingerprint density at radius 2 is 2.14 bits per heavy atom. The molecule has 1 heterocycles. The van der Waals surface area contributed by atoms with Gasteiger partial charge >= 0.3 is 0 Å². The highest BCUT2D eigenvalue weighted by Gasteiger charge is 2.19. The number of hydrogen-bond acceptors (Lipinski definition) is 2. The highest BCUT2D eigenvalue weighted by Crippen LogP contribution is 2.37. The van der Waals surface area contributed by atoms with E-state index in [1.807, 2.05) is 12.1 Å². The van der Waals surface area contributed by atoms with Gasteiger partial charge < -0.3 is 5.32 Å². The van der Waals surface area contributed by atoms with Gasteiger partial charge in [-0.3, -0.25) is 0 Å². The van der Waals surface area contributed by atoms with Crippen LogP contribution in [0, 0.1) is 5.82 Å². The molecule has 0 saturated carbocycles. The molecule has 0 radical (unpaired) electrons. The fourth-order valence-electron chi connectivity index (χ4n) is 2.13. The maximum absolute atomic E-state index is 13.7. The Balaban J connectivity index is 2.28. The van der Waals surface area contributed by atoms with Crippen LogP contribution in [-0.2, 0) is 6.42 Å². The third-order valence-corrected chi connectivity index (χ3v) is 5.56. The van der Waals surface area contributed by atoms with Gasteiger partial charge in [-0.2, -0.15) is 0 Å². The van der Waals surface area contributed by atoms with Crippen LogP contribution in [-0.4, -0.2) is 6.54 Å². The summed E-state index contributed by atoms with van der Waals surface area (Å²) in [5.74, 6) is -0.254. The summed E-state index contributed by atoms with van der Waals surface area (Å²) in [4.78, 5) is 0. The van der Waals surface area contributed by atoms with Gasteiger partial charge in [-0.25, -0.2) is 4.39 Å². The third-order valence-electron chi connectivity index (χ3n) is 3.15. The molecule has 0 aliphatic carbocycles. The molecule has 0 spiro atoms. The van der Waals surface area contributed by atoms with Crippen molar-refractivity contribution in [2.45, 2.75) is 25.8 Å². The summed E-state index contributed by atoms with van der Waals surface area (Å²) < 4.78 is 15.5. The van der Waals surface area contributed by atoms with Crippen molar-refractivity contribution in [2.24, 2.45) is 0 Å². The van der Waals surface area contributed by atoms with Crippen molar-refractivity contribution >= 4 is 50.5 Å². The van der Waals surface area contributed by atoms with E-state index < -0.39 is 0 Å². The maximum atomic E-state index is 13.7. The Bertz CT molecular complexity index is 618. The minimum absolute atomic E-state index is 0.0132. The molecule has 1 aromatic carbocycles. The molecule has 1 aromatic heterocycles. The first-order valence-electron chi connectivity index (χ1n) is 6.64. The van der Waals surface area contributed by atoms with Crippen molar-refractivity contribution in [2.75, 3.05) is 6.54 Å². The summed E-state index contributed by atoms with van der Waals surface area (Å²) in [7, 11) is 0. The molecular weight excluding hydrogens is 396 g/mol. The molecule has 0 fully saturated rings. The Morgan fingerprint density at radius 3 is 2.76 bits per heavy atom. The fraction of sp³-hybridized carbons (Fsp3) is 0.333. The van der Waals surface area contributed by atoms with Crippen molar-refractivity contribution in [3.8, 4) is 0 Å². The number of halogens is 4. The van der Waals surface area contributed by atoms with Crippen LogP contribution in [0.4, 0.5) is 4.39 Å². The van der Waals surface area contributed by atoms with Crippen LogP contribution in [0.5, 0.6) is 0 Å². The van der Waals surface area contributed by atoms with Gasteiger partial charge in [0.15, 0.2) is 0 Å². The molecule has 21 heavy (non-hydrogen) atoms. The van der Waals surface area contributed by atoms with Gasteiger partial charge in [0.1, 0.15) is 5.82 Å². The molecule has 114 valence electrons. The second kappa shape index (κ2) is 7.93. The number of hydrogen-bond donors (Lipinski definition) is 1. The molecule has 0 amide bonds. The Hall–Kier alpha value is -0.130. The predicted octanol–water partition coefficient (Wildman–Crippen LogP) is 6.24. The average molecular weight is 411 g/mol. The molecule has 1 nitrogen and oxygen atoms in total. The Labute approximate surface area is 146 Å². The first kappa shape index (κ1) is 17.2. The topological polar surface area (TPSA) is 12.0 Å². The molecule has 0 saturated heterocycles. The van der Waals surface area contributed by atoms with E-state index in [2.05, 4.69) is 28.2 Å². The zero-order valence-electron chi connectivity index (χ0n) is 11.4. The normalized spacial score (nSPS) is 12.6. The molecule has 2 aromatic rings. The van der Waals surface area contributed by atoms with Crippen LogP contribution in [0.1, 0.15) is 30.5 Å². The van der Waals surface area contributed by atoms with Gasteiger partial charge in [0, 0.05) is 11.6 Å². The van der Waals surface area contributed by atoms with Crippen LogP contribution in [0.3, 0.4) is 0 Å². The molecule has 0 aliphatic rings. The lowest BCUT2D eigenvalue weighted by Crippen LogP contribution is -2.24. The van der Waals surface area contributed by atoms with Crippen LogP contribution in [0.15, 0.2) is 28.7 Å². The van der Waals surface area contributed by atoms with E-state index in [1.54, 1.807) is 6.07 Å². The summed E-state index contributed by atoms with van der Waals surface area (Å²) in [6.45, 7) is 2.96. The second-order valence-corrected chi connectivity index (χ2v) is 7.78. The lowest BCUT2D eigenvalue weighted by atomic mass is 10.0. The fourth-order valence-corrected chi connectivity index (χ4v) is 4.13. The molecule has 0 bridgehead atoms. The van der Waals surface area contributed by atoms with Crippen molar-refractivity contribution in [3.63, 3.8) is 0 Å². The van der Waals surface area contributed by atoms with Crippen LogP contribution >= 0.6 is 50.5 Å². The largest absolute Gasteiger partial charge is 0.310 e. The molecule has 1 unspecified atom stereocenters. The molecule has 1 N–H and O–H groups in total. The second-order valence-electron chi connectivity index (χ2n) is 4.70. The number of nitrogens with one attached hydrogen (secondary N) is 1. The lowest BCUT2D eigenvalue weighted by Gasteiger charge is -2.19. The highest BCUT2D eigenvalue weighted by molar-refractivity contribution is 9.10. The minimum atomic E-state index is -0.254. The van der Waals surface area contributed by atoms with Crippen molar-refractivity contribution in [1.82, 2.24) is 5.32 Å². The standard InChI is InChI=1S/C15H15BrCl2FNS/c1-2-6-20-12(10-8-13(17)21-15(10)18)7-9-4-3-5-11(19)14(9)16/h3-5,8,12,20H,2,6-7H2,1H3. The third kappa shape index (κ3) is 4.42. The van der Waals surface area contributed by atoms with Gasteiger partial charge in [-0.15, -0.1) is 11.3 Å². The van der Waals surface area contributed by atoms with E-state index in [-0.39, 0.29) is 11.9 Å². The first-order chi connectivity index (χ1) is 10.0. The maximum Gasteiger partial charge on any atom is 0.137 e. The number of rotatable bonds is 6. The van der Waals surface area contributed by atoms with Gasteiger partial charge in [-0.05, 0) is 53.0 Å². The summed E-state index contributed by atoms with van der Waals surface area (Å²) in [5, 5.41) is 3.46. The van der Waals surface area contributed by atoms with Gasteiger partial charge in [0.25, 0.3) is 0 Å².